The molecule has 31 heavy (non-hydrogen) atoms. The zero-order valence-corrected chi connectivity index (χ0v) is 19.0. The highest BCUT2D eigenvalue weighted by molar-refractivity contribution is 8.00. The van der Waals surface area contributed by atoms with Crippen LogP contribution >= 0.6 is 23.1 Å². The van der Waals surface area contributed by atoms with Gasteiger partial charge in [-0.15, -0.1) is 11.3 Å². The third-order valence-electron chi connectivity index (χ3n) is 5.74. The predicted molar refractivity (Wildman–Crippen MR) is 127 cm³/mol. The molecule has 1 fully saturated rings. The summed E-state index contributed by atoms with van der Waals surface area (Å²) in [5.74, 6) is 2.42. The predicted octanol–water partition coefficient (Wildman–Crippen LogP) is 5.64. The van der Waals surface area contributed by atoms with Gasteiger partial charge in [-0.25, -0.2) is 9.97 Å². The molecule has 5 nitrogen and oxygen atoms in total. The normalized spacial score (nSPS) is 14.9. The Hall–Kier alpha value is -2.64. The van der Waals surface area contributed by atoms with Crippen LogP contribution in [0.3, 0.4) is 0 Å². The number of imidazole rings is 1. The number of hydrogen-bond acceptors (Lipinski definition) is 5. The molecule has 2 aromatic carbocycles. The van der Waals surface area contributed by atoms with Crippen molar-refractivity contribution in [2.75, 3.05) is 13.1 Å². The van der Waals surface area contributed by atoms with Crippen LogP contribution in [0.2, 0.25) is 0 Å². The van der Waals surface area contributed by atoms with Gasteiger partial charge in [-0.05, 0) is 49.6 Å². The number of aromatic nitrogens is 3. The van der Waals surface area contributed by atoms with Gasteiger partial charge in [0.15, 0.2) is 0 Å². The van der Waals surface area contributed by atoms with Crippen molar-refractivity contribution < 1.29 is 4.79 Å². The Balaban J connectivity index is 1.17. The summed E-state index contributed by atoms with van der Waals surface area (Å²) < 4.78 is 1.09. The number of H-pyrrole nitrogens is 1. The van der Waals surface area contributed by atoms with E-state index in [0.29, 0.717) is 5.92 Å². The first-order chi connectivity index (χ1) is 15.2. The molecule has 7 heteroatoms. The van der Waals surface area contributed by atoms with E-state index < -0.39 is 0 Å². The number of aryl methyl sites for hydroxylation is 1. The lowest BCUT2D eigenvalue weighted by Gasteiger charge is -2.31. The van der Waals surface area contributed by atoms with E-state index in [4.69, 9.17) is 4.98 Å². The van der Waals surface area contributed by atoms with Gasteiger partial charge >= 0.3 is 0 Å². The van der Waals surface area contributed by atoms with E-state index in [1.54, 1.807) is 23.1 Å². The number of thiazole rings is 1. The van der Waals surface area contributed by atoms with Gasteiger partial charge in [-0.1, -0.05) is 36.0 Å². The van der Waals surface area contributed by atoms with Crippen LogP contribution in [0.5, 0.6) is 0 Å². The molecule has 0 atom stereocenters. The number of carbonyl (C=O) groups is 1. The molecule has 1 saturated heterocycles. The number of nitrogens with one attached hydrogen (secondary N) is 1. The van der Waals surface area contributed by atoms with Crippen LogP contribution in [0.1, 0.15) is 46.2 Å². The maximum Gasteiger partial charge on any atom is 0.253 e. The number of para-hydroxylation sites is 2. The standard InChI is InChI=1S/C24H24N4OS2/c1-16-14-30-24(25-16)31-15-17-6-8-19(9-7-17)23(29)28-12-10-18(11-13-28)22-26-20-4-2-3-5-21(20)27-22/h2-9,14,18H,10-13,15H2,1H3,(H,26,27). The second-order valence-electron chi connectivity index (χ2n) is 7.95. The third kappa shape index (κ3) is 4.52. The first-order valence-electron chi connectivity index (χ1n) is 10.5. The summed E-state index contributed by atoms with van der Waals surface area (Å²) in [6.07, 6.45) is 1.88. The molecule has 158 valence electrons. The summed E-state index contributed by atoms with van der Waals surface area (Å²) in [5, 5.41) is 2.07. The van der Waals surface area contributed by atoms with E-state index in [-0.39, 0.29) is 5.91 Å². The first-order valence-corrected chi connectivity index (χ1v) is 12.4. The number of likely N-dealkylation sites (tertiary alicyclic amines) is 1. The molecule has 0 spiro atoms. The maximum atomic E-state index is 13.0. The minimum Gasteiger partial charge on any atom is -0.342 e. The van der Waals surface area contributed by atoms with Crippen LogP contribution in [-0.2, 0) is 5.75 Å². The maximum absolute atomic E-state index is 13.0. The van der Waals surface area contributed by atoms with Crippen LogP contribution < -0.4 is 0 Å². The quantitative estimate of drug-likeness (QED) is 0.401. The number of aromatic amines is 1. The smallest absolute Gasteiger partial charge is 0.253 e. The molecular weight excluding hydrogens is 424 g/mol. The number of amides is 1. The average molecular weight is 449 g/mol. The lowest BCUT2D eigenvalue weighted by atomic mass is 9.95. The minimum absolute atomic E-state index is 0.123. The SMILES string of the molecule is Cc1csc(SCc2ccc(C(=O)N3CCC(c4nc5ccccc5[nH]4)CC3)cc2)n1. The van der Waals surface area contributed by atoms with Crippen molar-refractivity contribution in [1.29, 1.82) is 0 Å². The molecule has 3 heterocycles. The summed E-state index contributed by atoms with van der Waals surface area (Å²) in [6.45, 7) is 3.55. The summed E-state index contributed by atoms with van der Waals surface area (Å²) >= 11 is 3.42. The topological polar surface area (TPSA) is 61.9 Å². The summed E-state index contributed by atoms with van der Waals surface area (Å²) in [6, 6.07) is 16.2. The minimum atomic E-state index is 0.123. The Morgan fingerprint density at radius 2 is 1.90 bits per heavy atom. The van der Waals surface area contributed by atoms with Crippen molar-refractivity contribution in [3.8, 4) is 0 Å². The number of thioether (sulfide) groups is 1. The Kier molecular flexibility index (Phi) is 5.78. The molecular formula is C24H24N4OS2. The van der Waals surface area contributed by atoms with E-state index in [0.717, 1.165) is 64.1 Å². The molecule has 1 N–H and O–H groups in total. The zero-order chi connectivity index (χ0) is 21.2. The lowest BCUT2D eigenvalue weighted by molar-refractivity contribution is 0.0711. The summed E-state index contributed by atoms with van der Waals surface area (Å²) in [7, 11) is 0. The molecule has 0 aliphatic carbocycles. The molecule has 5 rings (SSSR count). The van der Waals surface area contributed by atoms with Crippen molar-refractivity contribution in [2.24, 2.45) is 0 Å². The number of nitrogens with zero attached hydrogens (tertiary/aromatic N) is 3. The van der Waals surface area contributed by atoms with E-state index in [1.165, 1.54) is 5.56 Å². The van der Waals surface area contributed by atoms with Gasteiger partial charge in [0.25, 0.3) is 5.91 Å². The number of rotatable bonds is 5. The van der Waals surface area contributed by atoms with Gasteiger partial charge in [-0.2, -0.15) is 0 Å². The van der Waals surface area contributed by atoms with Crippen LogP contribution in [-0.4, -0.2) is 38.8 Å². The molecule has 0 saturated carbocycles. The third-order valence-corrected chi connectivity index (χ3v) is 7.95. The fraction of sp³-hybridized carbons (Fsp3) is 0.292. The van der Waals surface area contributed by atoms with Crippen molar-refractivity contribution >= 4 is 40.0 Å². The molecule has 0 bridgehead atoms. The van der Waals surface area contributed by atoms with E-state index in [2.05, 4.69) is 33.5 Å². The molecule has 4 aromatic rings. The number of piperidine rings is 1. The molecule has 1 aliphatic rings. The number of benzene rings is 2. The summed E-state index contributed by atoms with van der Waals surface area (Å²) in [5.41, 5.74) is 5.13. The van der Waals surface area contributed by atoms with Crippen LogP contribution in [0, 0.1) is 6.92 Å². The van der Waals surface area contributed by atoms with Gasteiger partial charge in [0.2, 0.25) is 0 Å². The van der Waals surface area contributed by atoms with Gasteiger partial charge in [0.05, 0.1) is 11.0 Å². The molecule has 2 aromatic heterocycles. The highest BCUT2D eigenvalue weighted by Gasteiger charge is 2.26. The van der Waals surface area contributed by atoms with Gasteiger partial charge in [-0.3, -0.25) is 4.79 Å². The summed E-state index contributed by atoms with van der Waals surface area (Å²) in [4.78, 5) is 27.6. The first kappa shape index (κ1) is 20.3. The Labute approximate surface area is 189 Å². The molecule has 0 radical (unpaired) electrons. The zero-order valence-electron chi connectivity index (χ0n) is 17.4. The van der Waals surface area contributed by atoms with Crippen LogP contribution in [0.4, 0.5) is 0 Å². The fourth-order valence-corrected chi connectivity index (χ4v) is 5.80. The largest absolute Gasteiger partial charge is 0.342 e. The Bertz CT molecular complexity index is 1160. The monoisotopic (exact) mass is 448 g/mol. The molecule has 1 amide bonds. The van der Waals surface area contributed by atoms with Crippen molar-refractivity contribution in [3.63, 3.8) is 0 Å². The lowest BCUT2D eigenvalue weighted by Crippen LogP contribution is -2.38. The van der Waals surface area contributed by atoms with Crippen molar-refractivity contribution in [3.05, 3.63) is 76.6 Å². The Morgan fingerprint density at radius 1 is 1.13 bits per heavy atom. The van der Waals surface area contributed by atoms with Gasteiger partial charge < -0.3 is 9.88 Å². The number of fused-ring (bicyclic) bond motifs is 1. The molecule has 0 unspecified atom stereocenters. The average Bonchev–Trinajstić information content (AvgIpc) is 3.43. The van der Waals surface area contributed by atoms with Crippen molar-refractivity contribution in [1.82, 2.24) is 19.9 Å². The van der Waals surface area contributed by atoms with E-state index in [9.17, 15) is 4.79 Å². The number of hydrogen-bond donors (Lipinski definition) is 1. The highest BCUT2D eigenvalue weighted by atomic mass is 32.2. The number of carbonyl (C=O) groups excluding carboxylic acids is 1. The van der Waals surface area contributed by atoms with Crippen LogP contribution in [0.25, 0.3) is 11.0 Å². The van der Waals surface area contributed by atoms with Gasteiger partial charge in [0, 0.05) is 41.4 Å². The van der Waals surface area contributed by atoms with E-state index >= 15 is 0 Å². The fourth-order valence-electron chi connectivity index (χ4n) is 3.99. The second-order valence-corrected chi connectivity index (χ2v) is 10.0. The Morgan fingerprint density at radius 3 is 2.61 bits per heavy atom. The van der Waals surface area contributed by atoms with Crippen LogP contribution in [0.15, 0.2) is 58.3 Å². The van der Waals surface area contributed by atoms with E-state index in [1.807, 2.05) is 42.2 Å². The second kappa shape index (κ2) is 8.85. The highest BCUT2D eigenvalue weighted by Crippen LogP contribution is 2.29. The van der Waals surface area contributed by atoms with Gasteiger partial charge in [0.1, 0.15) is 10.2 Å². The molecule has 1 aliphatic heterocycles. The van der Waals surface area contributed by atoms with Crippen molar-refractivity contribution in [2.45, 2.75) is 35.8 Å².